The molecule has 200 valence electrons. The number of rotatable bonds is 4. The highest BCUT2D eigenvalue weighted by Gasteiger charge is 2.45. The fourth-order valence-corrected chi connectivity index (χ4v) is 7.53. The highest BCUT2D eigenvalue weighted by molar-refractivity contribution is 5.19. The summed E-state index contributed by atoms with van der Waals surface area (Å²) in [6.45, 7) is 20.5. The Morgan fingerprint density at radius 2 is 1.40 bits per heavy atom. The second kappa shape index (κ2) is 13.1. The van der Waals surface area contributed by atoms with E-state index < -0.39 is 0 Å². The maximum absolute atomic E-state index is 3.61. The van der Waals surface area contributed by atoms with Gasteiger partial charge in [-0.25, -0.2) is 0 Å². The van der Waals surface area contributed by atoms with Crippen molar-refractivity contribution in [1.82, 2.24) is 16.0 Å². The Labute approximate surface area is 218 Å². The lowest BCUT2D eigenvalue weighted by Gasteiger charge is -2.39. The maximum atomic E-state index is 3.61. The van der Waals surface area contributed by atoms with E-state index in [0.717, 1.165) is 17.9 Å². The first-order chi connectivity index (χ1) is 16.7. The number of piperidine rings is 2. The second-order valence-electron chi connectivity index (χ2n) is 13.5. The van der Waals surface area contributed by atoms with Gasteiger partial charge in [-0.15, -0.1) is 0 Å². The summed E-state index contributed by atoms with van der Waals surface area (Å²) in [5.41, 5.74) is 3.33. The Balaban J connectivity index is 0.000000147. The van der Waals surface area contributed by atoms with E-state index in [1.807, 2.05) is 0 Å². The van der Waals surface area contributed by atoms with Gasteiger partial charge in [-0.05, 0) is 105 Å². The lowest BCUT2D eigenvalue weighted by Crippen LogP contribution is -2.36. The van der Waals surface area contributed by atoms with Crippen molar-refractivity contribution < 1.29 is 0 Å². The van der Waals surface area contributed by atoms with Crippen molar-refractivity contribution >= 4 is 0 Å². The lowest BCUT2D eigenvalue weighted by atomic mass is 9.65. The second-order valence-corrected chi connectivity index (χ2v) is 13.5. The van der Waals surface area contributed by atoms with Crippen molar-refractivity contribution in [3.63, 3.8) is 0 Å². The summed E-state index contributed by atoms with van der Waals surface area (Å²) >= 11 is 0. The molecule has 2 atom stereocenters. The Morgan fingerprint density at radius 3 is 1.94 bits per heavy atom. The van der Waals surface area contributed by atoms with E-state index in [9.17, 15) is 0 Å². The van der Waals surface area contributed by atoms with Crippen LogP contribution in [0.25, 0.3) is 0 Å². The van der Waals surface area contributed by atoms with Gasteiger partial charge in [0.1, 0.15) is 0 Å². The molecule has 3 heterocycles. The molecule has 35 heavy (non-hydrogen) atoms. The van der Waals surface area contributed by atoms with Crippen molar-refractivity contribution in [1.29, 1.82) is 0 Å². The van der Waals surface area contributed by atoms with Crippen LogP contribution in [0.4, 0.5) is 0 Å². The average molecular weight is 484 g/mol. The van der Waals surface area contributed by atoms with Gasteiger partial charge in [0.25, 0.3) is 0 Å². The van der Waals surface area contributed by atoms with Crippen LogP contribution in [0.15, 0.2) is 30.3 Å². The molecular weight excluding hydrogens is 426 g/mol. The largest absolute Gasteiger partial charge is 0.317 e. The van der Waals surface area contributed by atoms with Crippen LogP contribution in [0.2, 0.25) is 0 Å². The van der Waals surface area contributed by atoms with Gasteiger partial charge < -0.3 is 16.0 Å². The van der Waals surface area contributed by atoms with Crippen molar-refractivity contribution in [3.8, 4) is 0 Å². The van der Waals surface area contributed by atoms with Gasteiger partial charge in [0.2, 0.25) is 0 Å². The van der Waals surface area contributed by atoms with E-state index in [1.165, 1.54) is 96.1 Å². The minimum atomic E-state index is 0.584. The molecular formula is C32H57N3. The maximum Gasteiger partial charge on any atom is 0.00780 e. The third-order valence-electron chi connectivity index (χ3n) is 9.81. The molecule has 0 radical (unpaired) electrons. The molecule has 2 unspecified atom stereocenters. The third kappa shape index (κ3) is 8.58. The monoisotopic (exact) mass is 483 g/mol. The topological polar surface area (TPSA) is 36.1 Å². The van der Waals surface area contributed by atoms with Crippen LogP contribution in [0, 0.1) is 22.2 Å². The molecule has 1 aromatic rings. The van der Waals surface area contributed by atoms with Crippen molar-refractivity contribution in [3.05, 3.63) is 35.9 Å². The van der Waals surface area contributed by atoms with Gasteiger partial charge >= 0.3 is 0 Å². The summed E-state index contributed by atoms with van der Waals surface area (Å²) in [5, 5.41) is 10.4. The average Bonchev–Trinajstić information content (AvgIpc) is 3.18. The van der Waals surface area contributed by atoms with E-state index in [-0.39, 0.29) is 0 Å². The molecule has 3 nitrogen and oxygen atoms in total. The first kappa shape index (κ1) is 28.7. The van der Waals surface area contributed by atoms with Gasteiger partial charge in [0, 0.05) is 12.6 Å². The number of benzene rings is 1. The molecule has 1 saturated carbocycles. The van der Waals surface area contributed by atoms with E-state index >= 15 is 0 Å². The van der Waals surface area contributed by atoms with Crippen LogP contribution in [0.3, 0.4) is 0 Å². The van der Waals surface area contributed by atoms with Crippen molar-refractivity contribution in [2.75, 3.05) is 32.7 Å². The summed E-state index contributed by atoms with van der Waals surface area (Å²) in [7, 11) is 0. The highest BCUT2D eigenvalue weighted by atomic mass is 15.0. The number of hydrogen-bond acceptors (Lipinski definition) is 3. The molecule has 1 aliphatic carbocycles. The zero-order valence-electron chi connectivity index (χ0n) is 24.0. The van der Waals surface area contributed by atoms with E-state index in [4.69, 9.17) is 0 Å². The summed E-state index contributed by atoms with van der Waals surface area (Å²) in [4.78, 5) is 0. The molecule has 2 bridgehead atoms. The Hall–Kier alpha value is -0.900. The number of nitrogens with one attached hydrogen (secondary N) is 3. The first-order valence-electron chi connectivity index (χ1n) is 14.9. The Bertz CT molecular complexity index is 714. The van der Waals surface area contributed by atoms with Crippen LogP contribution in [0.5, 0.6) is 0 Å². The molecule has 1 aromatic carbocycles. The molecule has 4 fully saturated rings. The molecule has 0 aromatic heterocycles. The van der Waals surface area contributed by atoms with Gasteiger partial charge in [-0.3, -0.25) is 0 Å². The minimum absolute atomic E-state index is 0.584. The predicted octanol–water partition coefficient (Wildman–Crippen LogP) is 7.14. The first-order valence-corrected chi connectivity index (χ1v) is 14.9. The molecule has 3 heteroatoms. The minimum Gasteiger partial charge on any atom is -0.317 e. The van der Waals surface area contributed by atoms with E-state index in [0.29, 0.717) is 16.2 Å². The normalized spacial score (nSPS) is 28.9. The predicted molar refractivity (Wildman–Crippen MR) is 153 cm³/mol. The standard InChI is InChI=1S/C11H15N.C11H23N.C10H19N/c1-2-4-10(5-3-1)11-6-8-12-9-7-11;1-4-11(3,5-2)10-6-8-12-9-7-10;1-9(2)4-8-5-10(3,6-9)7-11-8/h1-5,11-12H,6-9H2;10,12H,4-9H2,1-3H3;8,11H,4-7H2,1-3H3. The molecule has 3 saturated heterocycles. The summed E-state index contributed by atoms with van der Waals surface area (Å²) in [5.74, 6) is 1.76. The molecule has 0 amide bonds. The fraction of sp³-hybridized carbons (Fsp3) is 0.812. The van der Waals surface area contributed by atoms with Gasteiger partial charge in [0.05, 0.1) is 0 Å². The number of hydrogen-bond donors (Lipinski definition) is 3. The quantitative estimate of drug-likeness (QED) is 0.426. The zero-order valence-corrected chi connectivity index (χ0v) is 24.0. The van der Waals surface area contributed by atoms with Gasteiger partial charge in [0.15, 0.2) is 0 Å². The fourth-order valence-electron chi connectivity index (χ4n) is 7.53. The van der Waals surface area contributed by atoms with Crippen LogP contribution in [-0.4, -0.2) is 38.8 Å². The Kier molecular flexibility index (Phi) is 10.7. The lowest BCUT2D eigenvalue weighted by molar-refractivity contribution is 0.132. The van der Waals surface area contributed by atoms with Crippen LogP contribution >= 0.6 is 0 Å². The van der Waals surface area contributed by atoms with Crippen LogP contribution < -0.4 is 16.0 Å². The summed E-state index contributed by atoms with van der Waals surface area (Å²) in [6, 6.07) is 11.7. The number of fused-ring (bicyclic) bond motifs is 2. The third-order valence-corrected chi connectivity index (χ3v) is 9.81. The van der Waals surface area contributed by atoms with E-state index in [2.05, 4.69) is 87.8 Å². The zero-order chi connectivity index (χ0) is 25.4. The smallest absolute Gasteiger partial charge is 0.00780 e. The molecule has 5 rings (SSSR count). The summed E-state index contributed by atoms with van der Waals surface area (Å²) < 4.78 is 0. The molecule has 0 spiro atoms. The molecule has 3 aliphatic heterocycles. The molecule has 3 N–H and O–H groups in total. The highest BCUT2D eigenvalue weighted by Crippen LogP contribution is 2.48. The Morgan fingerprint density at radius 1 is 0.829 bits per heavy atom. The SMILES string of the molecule is CC1(C)CC2CC(C)(CN2)C1.CCC(C)(CC)C1CCNCC1.c1ccc(C2CCNCC2)cc1. The van der Waals surface area contributed by atoms with Crippen LogP contribution in [0.1, 0.15) is 111 Å². The summed E-state index contributed by atoms with van der Waals surface area (Å²) in [6.07, 6.45) is 12.2. The van der Waals surface area contributed by atoms with Crippen LogP contribution in [-0.2, 0) is 0 Å². The van der Waals surface area contributed by atoms with Gasteiger partial charge in [-0.2, -0.15) is 0 Å². The van der Waals surface area contributed by atoms with Crippen molar-refractivity contribution in [2.24, 2.45) is 22.2 Å². The van der Waals surface area contributed by atoms with E-state index in [1.54, 1.807) is 0 Å². The molecule has 4 aliphatic rings. The van der Waals surface area contributed by atoms with Gasteiger partial charge in [-0.1, -0.05) is 84.7 Å². The van der Waals surface area contributed by atoms with Crippen molar-refractivity contribution in [2.45, 2.75) is 111 Å².